The van der Waals surface area contributed by atoms with Gasteiger partial charge < -0.3 is 4.98 Å². The van der Waals surface area contributed by atoms with E-state index in [-0.39, 0.29) is 0 Å². The normalized spacial score (nSPS) is 16.8. The molecular formula is C15H15F3N2. The van der Waals surface area contributed by atoms with Gasteiger partial charge in [0.05, 0.1) is 17.5 Å². The van der Waals surface area contributed by atoms with E-state index in [0.29, 0.717) is 5.92 Å². The highest BCUT2D eigenvalue weighted by atomic mass is 19.4. The molecule has 0 aliphatic heterocycles. The van der Waals surface area contributed by atoms with Gasteiger partial charge in [0.1, 0.15) is 5.82 Å². The molecule has 0 radical (unpaired) electrons. The van der Waals surface area contributed by atoms with E-state index in [1.165, 1.54) is 25.0 Å². The number of hydrogen-bond donors (Lipinski definition) is 1. The fourth-order valence-electron chi connectivity index (χ4n) is 2.73. The molecule has 1 aromatic carbocycles. The molecule has 0 unspecified atom stereocenters. The number of nitrogens with zero attached hydrogens (tertiary/aromatic N) is 1. The van der Waals surface area contributed by atoms with E-state index in [0.717, 1.165) is 42.1 Å². The molecule has 106 valence electrons. The second kappa shape index (κ2) is 4.96. The zero-order valence-corrected chi connectivity index (χ0v) is 10.9. The van der Waals surface area contributed by atoms with E-state index >= 15 is 0 Å². The van der Waals surface area contributed by atoms with Crippen molar-refractivity contribution in [1.29, 1.82) is 0 Å². The van der Waals surface area contributed by atoms with Gasteiger partial charge in [0.15, 0.2) is 0 Å². The Kier molecular flexibility index (Phi) is 3.28. The lowest BCUT2D eigenvalue weighted by atomic mass is 10.1. The SMILES string of the molecule is FC(F)(F)c1ccc(-c2cnc(C3CCCC3)[nH]2)cc1. The zero-order valence-electron chi connectivity index (χ0n) is 10.9. The maximum absolute atomic E-state index is 12.5. The van der Waals surface area contributed by atoms with Crippen molar-refractivity contribution in [3.63, 3.8) is 0 Å². The van der Waals surface area contributed by atoms with Crippen molar-refractivity contribution in [3.8, 4) is 11.3 Å². The molecule has 0 atom stereocenters. The van der Waals surface area contributed by atoms with Crippen molar-refractivity contribution in [3.05, 3.63) is 41.9 Å². The van der Waals surface area contributed by atoms with E-state index < -0.39 is 11.7 Å². The first-order valence-electron chi connectivity index (χ1n) is 6.76. The number of imidazole rings is 1. The lowest BCUT2D eigenvalue weighted by Crippen LogP contribution is -2.04. The van der Waals surface area contributed by atoms with Gasteiger partial charge in [-0.25, -0.2) is 4.98 Å². The van der Waals surface area contributed by atoms with Gasteiger partial charge >= 0.3 is 6.18 Å². The predicted molar refractivity (Wildman–Crippen MR) is 70.2 cm³/mol. The third-order valence-corrected chi connectivity index (χ3v) is 3.86. The van der Waals surface area contributed by atoms with Crippen LogP contribution in [0.1, 0.15) is 43.0 Å². The lowest BCUT2D eigenvalue weighted by Gasteiger charge is -2.07. The summed E-state index contributed by atoms with van der Waals surface area (Å²) in [5.74, 6) is 1.43. The van der Waals surface area contributed by atoms with Gasteiger partial charge in [-0.2, -0.15) is 13.2 Å². The Morgan fingerprint density at radius 1 is 1.05 bits per heavy atom. The predicted octanol–water partition coefficient (Wildman–Crippen LogP) is 4.75. The van der Waals surface area contributed by atoms with Crippen molar-refractivity contribution in [2.75, 3.05) is 0 Å². The zero-order chi connectivity index (χ0) is 14.2. The second-order valence-corrected chi connectivity index (χ2v) is 5.24. The molecule has 3 rings (SSSR count). The molecule has 1 aromatic heterocycles. The van der Waals surface area contributed by atoms with Crippen LogP contribution in [0.4, 0.5) is 13.2 Å². The molecule has 1 N–H and O–H groups in total. The summed E-state index contributed by atoms with van der Waals surface area (Å²) in [5, 5.41) is 0. The van der Waals surface area contributed by atoms with Gasteiger partial charge in [-0.1, -0.05) is 25.0 Å². The first-order chi connectivity index (χ1) is 9.54. The fraction of sp³-hybridized carbons (Fsp3) is 0.400. The summed E-state index contributed by atoms with van der Waals surface area (Å²) < 4.78 is 37.5. The molecule has 0 spiro atoms. The Morgan fingerprint density at radius 2 is 1.70 bits per heavy atom. The molecule has 20 heavy (non-hydrogen) atoms. The summed E-state index contributed by atoms with van der Waals surface area (Å²) in [6.45, 7) is 0. The van der Waals surface area contributed by atoms with Crippen LogP contribution in [-0.4, -0.2) is 9.97 Å². The van der Waals surface area contributed by atoms with Crippen LogP contribution in [0.5, 0.6) is 0 Å². The van der Waals surface area contributed by atoms with Gasteiger partial charge in [0, 0.05) is 5.92 Å². The number of halogens is 3. The molecule has 1 heterocycles. The molecule has 5 heteroatoms. The minimum Gasteiger partial charge on any atom is -0.342 e. The number of alkyl halides is 3. The second-order valence-electron chi connectivity index (χ2n) is 5.24. The number of rotatable bonds is 2. The van der Waals surface area contributed by atoms with E-state index in [1.54, 1.807) is 6.20 Å². The number of aromatic amines is 1. The average Bonchev–Trinajstić information content (AvgIpc) is 3.09. The van der Waals surface area contributed by atoms with Crippen molar-refractivity contribution >= 4 is 0 Å². The van der Waals surface area contributed by atoms with Crippen LogP contribution in [-0.2, 0) is 6.18 Å². The summed E-state index contributed by atoms with van der Waals surface area (Å²) in [4.78, 5) is 7.61. The van der Waals surface area contributed by atoms with Crippen molar-refractivity contribution in [2.24, 2.45) is 0 Å². The van der Waals surface area contributed by atoms with Crippen LogP contribution >= 0.6 is 0 Å². The topological polar surface area (TPSA) is 28.7 Å². The Hall–Kier alpha value is -1.78. The van der Waals surface area contributed by atoms with E-state index in [1.807, 2.05) is 0 Å². The van der Waals surface area contributed by atoms with Crippen LogP contribution in [0.15, 0.2) is 30.5 Å². The van der Waals surface area contributed by atoms with Crippen LogP contribution in [0.3, 0.4) is 0 Å². The Bertz CT molecular complexity index is 578. The summed E-state index contributed by atoms with van der Waals surface area (Å²) in [6.07, 6.45) is 2.14. The van der Waals surface area contributed by atoms with E-state index in [2.05, 4.69) is 9.97 Å². The highest BCUT2D eigenvalue weighted by Gasteiger charge is 2.30. The summed E-state index contributed by atoms with van der Waals surface area (Å²) in [5.41, 5.74) is 0.882. The highest BCUT2D eigenvalue weighted by molar-refractivity contribution is 5.59. The monoisotopic (exact) mass is 280 g/mol. The summed E-state index contributed by atoms with van der Waals surface area (Å²) in [7, 11) is 0. The highest BCUT2D eigenvalue weighted by Crippen LogP contribution is 2.34. The molecule has 1 aliphatic rings. The quantitative estimate of drug-likeness (QED) is 0.844. The molecule has 1 aliphatic carbocycles. The molecule has 1 fully saturated rings. The molecular weight excluding hydrogens is 265 g/mol. The maximum atomic E-state index is 12.5. The smallest absolute Gasteiger partial charge is 0.342 e. The molecule has 0 saturated heterocycles. The van der Waals surface area contributed by atoms with E-state index in [9.17, 15) is 13.2 Å². The Balaban J connectivity index is 1.82. The number of benzene rings is 1. The maximum Gasteiger partial charge on any atom is 0.416 e. The van der Waals surface area contributed by atoms with Crippen LogP contribution < -0.4 is 0 Å². The lowest BCUT2D eigenvalue weighted by molar-refractivity contribution is -0.137. The van der Waals surface area contributed by atoms with Crippen molar-refractivity contribution in [1.82, 2.24) is 9.97 Å². The van der Waals surface area contributed by atoms with Crippen LogP contribution in [0.25, 0.3) is 11.3 Å². The molecule has 1 saturated carbocycles. The standard InChI is InChI=1S/C15H15F3N2/c16-15(17,18)12-7-5-10(6-8-12)13-9-19-14(20-13)11-3-1-2-4-11/h5-9,11H,1-4H2,(H,19,20). The molecule has 0 bridgehead atoms. The third-order valence-electron chi connectivity index (χ3n) is 3.86. The summed E-state index contributed by atoms with van der Waals surface area (Å²) in [6, 6.07) is 5.17. The van der Waals surface area contributed by atoms with Crippen LogP contribution in [0, 0.1) is 0 Å². The van der Waals surface area contributed by atoms with Crippen molar-refractivity contribution < 1.29 is 13.2 Å². The molecule has 2 aromatic rings. The number of aromatic nitrogens is 2. The minimum absolute atomic E-state index is 0.471. The Morgan fingerprint density at radius 3 is 2.30 bits per heavy atom. The van der Waals surface area contributed by atoms with Gasteiger partial charge in [-0.15, -0.1) is 0 Å². The average molecular weight is 280 g/mol. The molecule has 0 amide bonds. The largest absolute Gasteiger partial charge is 0.416 e. The number of nitrogens with one attached hydrogen (secondary N) is 1. The van der Waals surface area contributed by atoms with Gasteiger partial charge in [0.2, 0.25) is 0 Å². The third kappa shape index (κ3) is 2.57. The van der Waals surface area contributed by atoms with Crippen LogP contribution in [0.2, 0.25) is 0 Å². The molecule has 2 nitrogen and oxygen atoms in total. The van der Waals surface area contributed by atoms with E-state index in [4.69, 9.17) is 0 Å². The van der Waals surface area contributed by atoms with Gasteiger partial charge in [0.25, 0.3) is 0 Å². The van der Waals surface area contributed by atoms with Crippen molar-refractivity contribution in [2.45, 2.75) is 37.8 Å². The fourth-order valence-corrected chi connectivity index (χ4v) is 2.73. The first kappa shape index (κ1) is 13.2. The minimum atomic E-state index is -4.29. The Labute approximate surface area is 115 Å². The number of H-pyrrole nitrogens is 1. The van der Waals surface area contributed by atoms with Gasteiger partial charge in [-0.3, -0.25) is 0 Å². The van der Waals surface area contributed by atoms with Gasteiger partial charge in [-0.05, 0) is 30.5 Å². The first-order valence-corrected chi connectivity index (χ1v) is 6.76. The number of hydrogen-bond acceptors (Lipinski definition) is 1. The summed E-state index contributed by atoms with van der Waals surface area (Å²) >= 11 is 0.